The van der Waals surface area contributed by atoms with Crippen LogP contribution in [0.2, 0.25) is 5.02 Å². The van der Waals surface area contributed by atoms with Crippen molar-refractivity contribution in [1.82, 2.24) is 4.90 Å². The fraction of sp³-hybridized carbons (Fsp3) is 0.429. The number of amides is 1. The molecule has 0 aliphatic rings. The van der Waals surface area contributed by atoms with Crippen molar-refractivity contribution in [3.05, 3.63) is 28.8 Å². The number of nitrogens with one attached hydrogen (secondary N) is 1. The summed E-state index contributed by atoms with van der Waals surface area (Å²) in [5.74, 6) is 0.233. The maximum Gasteiger partial charge on any atom is 0.234 e. The average Bonchev–Trinajstić information content (AvgIpc) is 2.43. The van der Waals surface area contributed by atoms with Crippen LogP contribution in [-0.2, 0) is 4.79 Å². The molecule has 0 saturated heterocycles. The van der Waals surface area contributed by atoms with Gasteiger partial charge >= 0.3 is 0 Å². The summed E-state index contributed by atoms with van der Waals surface area (Å²) in [5, 5.41) is 3.51. The van der Waals surface area contributed by atoms with E-state index in [-0.39, 0.29) is 5.91 Å². The Morgan fingerprint density at radius 1 is 1.40 bits per heavy atom. The van der Waals surface area contributed by atoms with Crippen LogP contribution >= 0.6 is 35.6 Å². The minimum atomic E-state index is -0.0742. The van der Waals surface area contributed by atoms with Crippen molar-refractivity contribution < 1.29 is 4.79 Å². The number of thiocarbonyl (C=S) groups is 1. The minimum absolute atomic E-state index is 0.0742. The van der Waals surface area contributed by atoms with Gasteiger partial charge in [0, 0.05) is 23.8 Å². The van der Waals surface area contributed by atoms with E-state index in [1.807, 2.05) is 32.9 Å². The van der Waals surface area contributed by atoms with E-state index in [0.29, 0.717) is 10.8 Å². The molecule has 0 radical (unpaired) electrons. The molecule has 0 saturated carbocycles. The van der Waals surface area contributed by atoms with Crippen molar-refractivity contribution in [3.63, 3.8) is 0 Å². The van der Waals surface area contributed by atoms with E-state index in [0.717, 1.165) is 28.7 Å². The number of hydrogen-bond acceptors (Lipinski definition) is 3. The molecule has 110 valence electrons. The Hall–Kier alpha value is -0.780. The topological polar surface area (TPSA) is 32.3 Å². The lowest BCUT2D eigenvalue weighted by Gasteiger charge is -2.20. The molecule has 0 fully saturated rings. The molecule has 3 nitrogen and oxygen atoms in total. The van der Waals surface area contributed by atoms with Crippen molar-refractivity contribution >= 4 is 51.5 Å². The largest absolute Gasteiger partial charge is 0.358 e. The van der Waals surface area contributed by atoms with E-state index >= 15 is 0 Å². The standard InChI is InChI=1S/C14H19ClN2OS2/c1-4-17(5-2)14(19)20-9-13(18)16-12-8-6-7-11(15)10(12)3/h6-8H,4-5,9H2,1-3H3,(H,16,18). The van der Waals surface area contributed by atoms with Gasteiger partial charge in [-0.25, -0.2) is 0 Å². The number of rotatable bonds is 5. The Balaban J connectivity index is 2.52. The molecule has 0 aliphatic heterocycles. The maximum atomic E-state index is 11.9. The number of halogens is 1. The van der Waals surface area contributed by atoms with Gasteiger partial charge in [0.1, 0.15) is 4.32 Å². The van der Waals surface area contributed by atoms with Crippen LogP contribution in [0.1, 0.15) is 19.4 Å². The van der Waals surface area contributed by atoms with Crippen molar-refractivity contribution in [1.29, 1.82) is 0 Å². The Labute approximate surface area is 135 Å². The summed E-state index contributed by atoms with van der Waals surface area (Å²) in [6.07, 6.45) is 0. The van der Waals surface area contributed by atoms with Gasteiger partial charge in [-0.15, -0.1) is 0 Å². The third kappa shape index (κ3) is 4.96. The lowest BCUT2D eigenvalue weighted by molar-refractivity contribution is -0.113. The van der Waals surface area contributed by atoms with Gasteiger partial charge in [-0.1, -0.05) is 41.6 Å². The SMILES string of the molecule is CCN(CC)C(=S)SCC(=O)Nc1cccc(Cl)c1C. The third-order valence-electron chi connectivity index (χ3n) is 2.89. The van der Waals surface area contributed by atoms with Gasteiger partial charge in [0.15, 0.2) is 0 Å². The molecule has 0 atom stereocenters. The summed E-state index contributed by atoms with van der Waals surface area (Å²) in [6.45, 7) is 7.69. The lowest BCUT2D eigenvalue weighted by Crippen LogP contribution is -2.28. The second kappa shape index (κ2) is 8.49. The van der Waals surface area contributed by atoms with Crippen LogP contribution in [0.25, 0.3) is 0 Å². The molecule has 0 aromatic heterocycles. The lowest BCUT2D eigenvalue weighted by atomic mass is 10.2. The molecular formula is C14H19ClN2OS2. The fourth-order valence-electron chi connectivity index (χ4n) is 1.63. The van der Waals surface area contributed by atoms with Gasteiger partial charge < -0.3 is 10.2 Å². The highest BCUT2D eigenvalue weighted by Crippen LogP contribution is 2.23. The van der Waals surface area contributed by atoms with Crippen molar-refractivity contribution in [2.75, 3.05) is 24.2 Å². The molecular weight excluding hydrogens is 312 g/mol. The molecule has 0 bridgehead atoms. The number of carbonyl (C=O) groups excluding carboxylic acids is 1. The quantitative estimate of drug-likeness (QED) is 0.829. The highest BCUT2D eigenvalue weighted by Gasteiger charge is 2.11. The second-order valence-corrected chi connectivity index (χ2v) is 6.20. The third-order valence-corrected chi connectivity index (χ3v) is 4.82. The van der Waals surface area contributed by atoms with E-state index in [1.54, 1.807) is 6.07 Å². The molecule has 0 heterocycles. The predicted molar refractivity (Wildman–Crippen MR) is 92.8 cm³/mol. The molecule has 0 aliphatic carbocycles. The Kier molecular flexibility index (Phi) is 7.34. The van der Waals surface area contributed by atoms with Gasteiger partial charge in [0.2, 0.25) is 5.91 Å². The van der Waals surface area contributed by atoms with Crippen molar-refractivity contribution in [3.8, 4) is 0 Å². The van der Waals surface area contributed by atoms with Crippen LogP contribution in [-0.4, -0.2) is 34.0 Å². The van der Waals surface area contributed by atoms with E-state index in [2.05, 4.69) is 10.2 Å². The summed E-state index contributed by atoms with van der Waals surface area (Å²) in [5.41, 5.74) is 1.62. The highest BCUT2D eigenvalue weighted by molar-refractivity contribution is 8.23. The number of carbonyl (C=O) groups is 1. The molecule has 0 spiro atoms. The van der Waals surface area contributed by atoms with E-state index in [1.165, 1.54) is 11.8 Å². The first-order valence-electron chi connectivity index (χ1n) is 6.46. The van der Waals surface area contributed by atoms with Crippen LogP contribution in [0.3, 0.4) is 0 Å². The van der Waals surface area contributed by atoms with Crippen molar-refractivity contribution in [2.24, 2.45) is 0 Å². The summed E-state index contributed by atoms with van der Waals surface area (Å²) in [4.78, 5) is 14.0. The van der Waals surface area contributed by atoms with Gasteiger partial charge in [0.25, 0.3) is 0 Å². The van der Waals surface area contributed by atoms with Crippen LogP contribution in [0.5, 0.6) is 0 Å². The monoisotopic (exact) mass is 330 g/mol. The summed E-state index contributed by atoms with van der Waals surface area (Å²) in [6, 6.07) is 5.46. The average molecular weight is 331 g/mol. The summed E-state index contributed by atoms with van der Waals surface area (Å²) in [7, 11) is 0. The Morgan fingerprint density at radius 2 is 2.05 bits per heavy atom. The molecule has 1 amide bonds. The minimum Gasteiger partial charge on any atom is -0.358 e. The van der Waals surface area contributed by atoms with Gasteiger partial charge in [-0.2, -0.15) is 0 Å². The first-order valence-corrected chi connectivity index (χ1v) is 8.23. The number of nitrogens with zero attached hydrogens (tertiary/aromatic N) is 1. The van der Waals surface area contributed by atoms with Crippen molar-refractivity contribution in [2.45, 2.75) is 20.8 Å². The second-order valence-electron chi connectivity index (χ2n) is 4.19. The predicted octanol–water partition coefficient (Wildman–Crippen LogP) is 3.95. The Morgan fingerprint density at radius 3 is 2.65 bits per heavy atom. The summed E-state index contributed by atoms with van der Waals surface area (Å²) < 4.78 is 0.757. The smallest absolute Gasteiger partial charge is 0.234 e. The fourth-order valence-corrected chi connectivity index (χ4v) is 3.01. The molecule has 1 aromatic rings. The van der Waals surface area contributed by atoms with Gasteiger partial charge in [-0.3, -0.25) is 4.79 Å². The zero-order valence-electron chi connectivity index (χ0n) is 11.9. The maximum absolute atomic E-state index is 11.9. The number of anilines is 1. The van der Waals surface area contributed by atoms with E-state index < -0.39 is 0 Å². The zero-order valence-corrected chi connectivity index (χ0v) is 14.3. The van der Waals surface area contributed by atoms with Crippen LogP contribution in [0.4, 0.5) is 5.69 Å². The number of thioether (sulfide) groups is 1. The zero-order chi connectivity index (χ0) is 15.1. The van der Waals surface area contributed by atoms with E-state index in [9.17, 15) is 4.79 Å². The normalized spacial score (nSPS) is 10.2. The van der Waals surface area contributed by atoms with Crippen LogP contribution in [0, 0.1) is 6.92 Å². The Bertz CT molecular complexity index is 490. The molecule has 20 heavy (non-hydrogen) atoms. The molecule has 0 unspecified atom stereocenters. The van der Waals surface area contributed by atoms with Gasteiger partial charge in [-0.05, 0) is 38.5 Å². The molecule has 6 heteroatoms. The first-order chi connectivity index (χ1) is 9.49. The summed E-state index contributed by atoms with van der Waals surface area (Å²) >= 11 is 12.7. The first kappa shape index (κ1) is 17.3. The van der Waals surface area contributed by atoms with Crippen LogP contribution < -0.4 is 5.32 Å². The molecule has 1 aromatic carbocycles. The highest BCUT2D eigenvalue weighted by atomic mass is 35.5. The molecule has 1 N–H and O–H groups in total. The van der Waals surface area contributed by atoms with Gasteiger partial charge in [0.05, 0.1) is 5.75 Å². The number of hydrogen-bond donors (Lipinski definition) is 1. The van der Waals surface area contributed by atoms with E-state index in [4.69, 9.17) is 23.8 Å². The van der Waals surface area contributed by atoms with Crippen LogP contribution in [0.15, 0.2) is 18.2 Å². The molecule has 1 rings (SSSR count). The number of benzene rings is 1.